The quantitative estimate of drug-likeness (QED) is 0.171. The predicted octanol–water partition coefficient (Wildman–Crippen LogP) is 8.00. The lowest BCUT2D eigenvalue weighted by atomic mass is 10.1. The molecule has 0 aliphatic rings. The maximum Gasteiger partial charge on any atom is 0.341 e. The van der Waals surface area contributed by atoms with E-state index in [4.69, 9.17) is 46.4 Å². The molecule has 0 aliphatic carbocycles. The number of halogens is 4. The number of para-hydroxylation sites is 2. The number of fused-ring (bicyclic) bond motifs is 6. The van der Waals surface area contributed by atoms with Crippen LogP contribution in [-0.4, -0.2) is 40.3 Å². The van der Waals surface area contributed by atoms with Crippen molar-refractivity contribution >= 4 is 85.5 Å². The van der Waals surface area contributed by atoms with E-state index in [0.29, 0.717) is 48.3 Å². The van der Waals surface area contributed by atoms with Crippen molar-refractivity contribution in [1.82, 2.24) is 29.2 Å². The molecule has 8 rings (SSSR count). The Morgan fingerprint density at radius 3 is 1.81 bits per heavy atom. The summed E-state index contributed by atoms with van der Waals surface area (Å²) in [6.45, 7) is 0. The Kier molecular flexibility index (Phi) is 7.73. The summed E-state index contributed by atoms with van der Waals surface area (Å²) >= 11 is 24.3. The van der Waals surface area contributed by atoms with E-state index in [1.54, 1.807) is 65.2 Å². The van der Waals surface area contributed by atoms with Gasteiger partial charge in [0.1, 0.15) is 16.9 Å². The fourth-order valence-corrected chi connectivity index (χ4v) is 6.33. The molecule has 232 valence electrons. The molecule has 0 radical (unpaired) electrons. The van der Waals surface area contributed by atoms with Crippen LogP contribution in [0, 0.1) is 0 Å². The number of benzene rings is 4. The van der Waals surface area contributed by atoms with Crippen LogP contribution in [0.4, 0.5) is 0 Å². The summed E-state index contributed by atoms with van der Waals surface area (Å²) in [7, 11) is 0. The number of carbonyl (C=O) groups is 1. The molecule has 0 saturated heterocycles. The van der Waals surface area contributed by atoms with Gasteiger partial charge in [-0.25, -0.2) is 13.8 Å². The normalized spacial score (nSPS) is 11.3. The van der Waals surface area contributed by atoms with Crippen LogP contribution >= 0.6 is 46.4 Å². The third-order valence-electron chi connectivity index (χ3n) is 7.43. The van der Waals surface area contributed by atoms with Gasteiger partial charge in [-0.1, -0.05) is 70.7 Å². The van der Waals surface area contributed by atoms with E-state index in [2.05, 4.69) is 20.2 Å². The molecule has 0 amide bonds. The smallest absolute Gasteiger partial charge is 0.341 e. The Balaban J connectivity index is 0.000000151. The van der Waals surface area contributed by atoms with Crippen LogP contribution in [0.25, 0.3) is 55.6 Å². The first-order valence-corrected chi connectivity index (χ1v) is 15.3. The fourth-order valence-electron chi connectivity index (χ4n) is 5.32. The molecule has 47 heavy (non-hydrogen) atoms. The molecule has 14 heteroatoms. The van der Waals surface area contributed by atoms with Crippen molar-refractivity contribution < 1.29 is 9.90 Å². The molecule has 4 aromatic heterocycles. The summed E-state index contributed by atoms with van der Waals surface area (Å²) in [5.41, 5.74) is 3.30. The summed E-state index contributed by atoms with van der Waals surface area (Å²) in [4.78, 5) is 41.7. The van der Waals surface area contributed by atoms with Gasteiger partial charge in [-0.3, -0.25) is 9.59 Å². The standard InChI is InChI=1S/C17H9Cl2N3O3.C16H9Cl2N3O/c18-8-5-6-9(11(19)7-8)14-13(17(24)25)15-20-16(23)10-3-1-2-4-12(10)22(15)21-14;17-9-5-6-10(12(18)7-9)13-8-15-19-16(22)11-3-1-2-4-14(11)21(15)20-13/h1-7H,(H,20,23)(H,24,25);1-8H,(H,19,22). The van der Waals surface area contributed by atoms with Crippen molar-refractivity contribution in [2.45, 2.75) is 0 Å². The number of carboxylic acid groups (broad SMARTS) is 1. The molecule has 3 N–H and O–H groups in total. The highest BCUT2D eigenvalue weighted by molar-refractivity contribution is 6.37. The number of hydrogen-bond acceptors (Lipinski definition) is 5. The second kappa shape index (κ2) is 11.9. The van der Waals surface area contributed by atoms with Crippen LogP contribution in [0.1, 0.15) is 10.4 Å². The number of H-pyrrole nitrogens is 2. The van der Waals surface area contributed by atoms with Crippen LogP contribution in [0.2, 0.25) is 20.1 Å². The van der Waals surface area contributed by atoms with Gasteiger partial charge in [-0.05, 0) is 60.7 Å². The minimum absolute atomic E-state index is 0.0946. The van der Waals surface area contributed by atoms with Crippen LogP contribution < -0.4 is 11.1 Å². The Morgan fingerprint density at radius 2 is 1.21 bits per heavy atom. The molecule has 10 nitrogen and oxygen atoms in total. The number of nitrogens with zero attached hydrogens (tertiary/aromatic N) is 4. The predicted molar refractivity (Wildman–Crippen MR) is 185 cm³/mol. The zero-order valence-electron chi connectivity index (χ0n) is 23.6. The molecule has 0 fully saturated rings. The van der Waals surface area contributed by atoms with Crippen molar-refractivity contribution in [2.24, 2.45) is 0 Å². The van der Waals surface area contributed by atoms with Crippen molar-refractivity contribution in [2.75, 3.05) is 0 Å². The summed E-state index contributed by atoms with van der Waals surface area (Å²) in [5.74, 6) is -1.22. The molecule has 0 bridgehead atoms. The molecule has 0 atom stereocenters. The molecule has 0 spiro atoms. The van der Waals surface area contributed by atoms with Gasteiger partial charge >= 0.3 is 5.97 Å². The van der Waals surface area contributed by atoms with Gasteiger partial charge in [0, 0.05) is 27.2 Å². The number of aromatic carboxylic acids is 1. The molecule has 0 unspecified atom stereocenters. The zero-order chi connectivity index (χ0) is 33.0. The molecule has 4 heterocycles. The van der Waals surface area contributed by atoms with Gasteiger partial charge in [0.2, 0.25) is 0 Å². The van der Waals surface area contributed by atoms with Gasteiger partial charge < -0.3 is 15.1 Å². The lowest BCUT2D eigenvalue weighted by Gasteiger charge is -2.02. The molecule has 0 saturated carbocycles. The Labute approximate surface area is 283 Å². The second-order valence-corrected chi connectivity index (χ2v) is 12.0. The van der Waals surface area contributed by atoms with E-state index in [-0.39, 0.29) is 33.0 Å². The number of carboxylic acids is 1. The average Bonchev–Trinajstić information content (AvgIpc) is 3.64. The number of nitrogens with one attached hydrogen (secondary N) is 2. The minimum Gasteiger partial charge on any atom is -0.477 e. The van der Waals surface area contributed by atoms with Crippen molar-refractivity contribution in [3.05, 3.63) is 137 Å². The molecule has 4 aromatic carbocycles. The third-order valence-corrected chi connectivity index (χ3v) is 8.52. The van der Waals surface area contributed by atoms with E-state index in [9.17, 15) is 19.5 Å². The van der Waals surface area contributed by atoms with Crippen LogP contribution in [0.5, 0.6) is 0 Å². The maximum atomic E-state index is 12.3. The van der Waals surface area contributed by atoms with Gasteiger partial charge in [0.25, 0.3) is 11.1 Å². The Hall–Kier alpha value is -5.13. The van der Waals surface area contributed by atoms with Crippen LogP contribution in [0.15, 0.2) is 101 Å². The van der Waals surface area contributed by atoms with E-state index in [1.165, 1.54) is 10.6 Å². The van der Waals surface area contributed by atoms with Crippen molar-refractivity contribution in [3.8, 4) is 22.5 Å². The first-order valence-electron chi connectivity index (χ1n) is 13.8. The third kappa shape index (κ3) is 5.41. The Bertz CT molecular complexity index is 2680. The summed E-state index contributed by atoms with van der Waals surface area (Å²) in [6.07, 6.45) is 0. The lowest BCUT2D eigenvalue weighted by molar-refractivity contribution is 0.0699. The SMILES string of the molecule is O=C(O)c1c(-c2ccc(Cl)cc2Cl)nn2c1[nH]c(=O)c1ccccc12.O=c1[nH]c2cc(-c3ccc(Cl)cc3Cl)nn2c2ccccc12. The van der Waals surface area contributed by atoms with E-state index < -0.39 is 5.97 Å². The average molecular weight is 704 g/mol. The molecule has 0 aliphatic heterocycles. The first kappa shape index (κ1) is 30.5. The summed E-state index contributed by atoms with van der Waals surface area (Å²) in [5, 5.41) is 21.4. The second-order valence-electron chi connectivity index (χ2n) is 10.3. The van der Waals surface area contributed by atoms with Gasteiger partial charge in [0.15, 0.2) is 5.65 Å². The van der Waals surface area contributed by atoms with Crippen LogP contribution in [-0.2, 0) is 0 Å². The van der Waals surface area contributed by atoms with Crippen molar-refractivity contribution in [1.29, 1.82) is 0 Å². The summed E-state index contributed by atoms with van der Waals surface area (Å²) in [6, 6.07) is 25.9. The monoisotopic (exact) mass is 702 g/mol. The number of aromatic nitrogens is 6. The molecule has 8 aromatic rings. The highest BCUT2D eigenvalue weighted by Gasteiger charge is 2.24. The van der Waals surface area contributed by atoms with E-state index >= 15 is 0 Å². The van der Waals surface area contributed by atoms with Crippen LogP contribution in [0.3, 0.4) is 0 Å². The fraction of sp³-hybridized carbons (Fsp3) is 0. The van der Waals surface area contributed by atoms with E-state index in [0.717, 1.165) is 11.1 Å². The molecular weight excluding hydrogens is 686 g/mol. The highest BCUT2D eigenvalue weighted by Crippen LogP contribution is 2.34. The topological polar surface area (TPSA) is 138 Å². The highest BCUT2D eigenvalue weighted by atomic mass is 35.5. The van der Waals surface area contributed by atoms with Gasteiger partial charge in [-0.2, -0.15) is 10.2 Å². The zero-order valence-corrected chi connectivity index (χ0v) is 26.7. The summed E-state index contributed by atoms with van der Waals surface area (Å²) < 4.78 is 3.11. The number of aromatic amines is 2. The van der Waals surface area contributed by atoms with E-state index in [1.807, 2.05) is 24.3 Å². The lowest BCUT2D eigenvalue weighted by Crippen LogP contribution is -2.11. The minimum atomic E-state index is -1.22. The first-order chi connectivity index (χ1) is 22.6. The van der Waals surface area contributed by atoms with Crippen molar-refractivity contribution in [3.63, 3.8) is 0 Å². The Morgan fingerprint density at radius 1 is 0.660 bits per heavy atom. The molecular formula is C33H18Cl4N6O4. The number of rotatable bonds is 3. The maximum absolute atomic E-state index is 12.3. The number of hydrogen-bond donors (Lipinski definition) is 3. The largest absolute Gasteiger partial charge is 0.477 e. The van der Waals surface area contributed by atoms with Gasteiger partial charge in [0.05, 0.1) is 37.5 Å². The van der Waals surface area contributed by atoms with Gasteiger partial charge in [-0.15, -0.1) is 0 Å².